The Morgan fingerprint density at radius 2 is 1.88 bits per heavy atom. The fraction of sp³-hybridized carbons (Fsp3) is 0.238. The van der Waals surface area contributed by atoms with Crippen molar-refractivity contribution in [2.24, 2.45) is 5.92 Å². The summed E-state index contributed by atoms with van der Waals surface area (Å²) in [7, 11) is 1.31. The molecule has 4 nitrogen and oxygen atoms in total. The number of phenols is 1. The van der Waals surface area contributed by atoms with Crippen molar-refractivity contribution >= 4 is 17.8 Å². The van der Waals surface area contributed by atoms with E-state index < -0.39 is 5.97 Å². The third kappa shape index (κ3) is 5.05. The van der Waals surface area contributed by atoms with Crippen molar-refractivity contribution in [1.29, 1.82) is 0 Å². The predicted octanol–water partition coefficient (Wildman–Crippen LogP) is 4.03. The van der Waals surface area contributed by atoms with Crippen LogP contribution in [0.5, 0.6) is 5.75 Å². The first-order valence-corrected chi connectivity index (χ1v) is 8.22. The van der Waals surface area contributed by atoms with Gasteiger partial charge in [-0.2, -0.15) is 0 Å². The lowest BCUT2D eigenvalue weighted by Crippen LogP contribution is -2.14. The molecule has 2 aromatic carbocycles. The standard InChI is InChI=1S/C21H22O4/c1-3-16(19(22)11-9-15-7-5-4-6-8-15)13-18-14-17(21(24)25-2)10-12-20(18)23/h4-12,14,16,23H,3,13H2,1-2H3/b11-9+. The Kier molecular flexibility index (Phi) is 6.52. The van der Waals surface area contributed by atoms with Crippen LogP contribution < -0.4 is 0 Å². The zero-order chi connectivity index (χ0) is 18.2. The largest absolute Gasteiger partial charge is 0.508 e. The Balaban J connectivity index is 2.14. The number of methoxy groups -OCH3 is 1. The fourth-order valence-electron chi connectivity index (χ4n) is 2.58. The normalized spacial score (nSPS) is 12.1. The SMILES string of the molecule is CCC(Cc1cc(C(=O)OC)ccc1O)C(=O)/C=C/c1ccccc1. The molecule has 25 heavy (non-hydrogen) atoms. The molecule has 0 saturated carbocycles. The second-order valence-corrected chi connectivity index (χ2v) is 5.79. The molecule has 1 atom stereocenters. The van der Waals surface area contributed by atoms with Gasteiger partial charge in [0.2, 0.25) is 0 Å². The monoisotopic (exact) mass is 338 g/mol. The average molecular weight is 338 g/mol. The summed E-state index contributed by atoms with van der Waals surface area (Å²) < 4.78 is 4.70. The summed E-state index contributed by atoms with van der Waals surface area (Å²) in [5.74, 6) is -0.663. The number of allylic oxidation sites excluding steroid dienone is 1. The first-order chi connectivity index (χ1) is 12.0. The Morgan fingerprint density at radius 1 is 1.16 bits per heavy atom. The number of hydrogen-bond acceptors (Lipinski definition) is 4. The number of benzene rings is 2. The van der Waals surface area contributed by atoms with Crippen molar-refractivity contribution in [3.8, 4) is 5.75 Å². The zero-order valence-electron chi connectivity index (χ0n) is 14.4. The lowest BCUT2D eigenvalue weighted by Gasteiger charge is -2.13. The summed E-state index contributed by atoms with van der Waals surface area (Å²) >= 11 is 0. The van der Waals surface area contributed by atoms with Crippen LogP contribution in [-0.4, -0.2) is 24.0 Å². The number of phenolic OH excluding ortho intramolecular Hbond substituents is 1. The van der Waals surface area contributed by atoms with Gasteiger partial charge in [-0.25, -0.2) is 4.79 Å². The molecule has 0 amide bonds. The Bertz CT molecular complexity index is 763. The van der Waals surface area contributed by atoms with Crippen molar-refractivity contribution in [3.05, 3.63) is 71.3 Å². The van der Waals surface area contributed by atoms with Crippen LogP contribution >= 0.6 is 0 Å². The lowest BCUT2D eigenvalue weighted by molar-refractivity contribution is -0.118. The van der Waals surface area contributed by atoms with E-state index in [9.17, 15) is 14.7 Å². The summed E-state index contributed by atoms with van der Waals surface area (Å²) in [6.07, 6.45) is 4.37. The van der Waals surface area contributed by atoms with Crippen molar-refractivity contribution in [3.63, 3.8) is 0 Å². The average Bonchev–Trinajstić information content (AvgIpc) is 2.65. The highest BCUT2D eigenvalue weighted by atomic mass is 16.5. The van der Waals surface area contributed by atoms with Gasteiger partial charge in [0, 0.05) is 5.92 Å². The number of hydrogen-bond donors (Lipinski definition) is 1. The van der Waals surface area contributed by atoms with Crippen LogP contribution in [0, 0.1) is 5.92 Å². The molecule has 0 fully saturated rings. The summed E-state index contributed by atoms with van der Waals surface area (Å²) in [4.78, 5) is 24.1. The number of rotatable bonds is 7. The maximum Gasteiger partial charge on any atom is 0.337 e. The van der Waals surface area contributed by atoms with E-state index in [0.29, 0.717) is 24.0 Å². The van der Waals surface area contributed by atoms with Crippen molar-refractivity contribution < 1.29 is 19.4 Å². The maximum absolute atomic E-state index is 12.5. The quantitative estimate of drug-likeness (QED) is 0.611. The van der Waals surface area contributed by atoms with Gasteiger partial charge in [-0.05, 0) is 48.2 Å². The van der Waals surface area contributed by atoms with E-state index in [-0.39, 0.29) is 17.5 Å². The molecule has 1 unspecified atom stereocenters. The Hall–Kier alpha value is -2.88. The molecular formula is C21H22O4. The van der Waals surface area contributed by atoms with E-state index >= 15 is 0 Å². The van der Waals surface area contributed by atoms with Crippen LogP contribution in [0.4, 0.5) is 0 Å². The molecule has 0 saturated heterocycles. The summed E-state index contributed by atoms with van der Waals surface area (Å²) in [5.41, 5.74) is 1.88. The van der Waals surface area contributed by atoms with Gasteiger partial charge in [-0.15, -0.1) is 0 Å². The van der Waals surface area contributed by atoms with Gasteiger partial charge >= 0.3 is 5.97 Å². The summed E-state index contributed by atoms with van der Waals surface area (Å²) in [5, 5.41) is 10.0. The van der Waals surface area contributed by atoms with Gasteiger partial charge in [0.05, 0.1) is 12.7 Å². The topological polar surface area (TPSA) is 63.6 Å². The second-order valence-electron chi connectivity index (χ2n) is 5.79. The second kappa shape index (κ2) is 8.83. The Morgan fingerprint density at radius 3 is 2.52 bits per heavy atom. The fourth-order valence-corrected chi connectivity index (χ4v) is 2.58. The smallest absolute Gasteiger partial charge is 0.337 e. The molecule has 0 aliphatic heterocycles. The first kappa shape index (κ1) is 18.5. The van der Waals surface area contributed by atoms with E-state index in [1.807, 2.05) is 37.3 Å². The molecular weight excluding hydrogens is 316 g/mol. The van der Waals surface area contributed by atoms with E-state index in [1.165, 1.54) is 19.2 Å². The van der Waals surface area contributed by atoms with Crippen LogP contribution in [0.1, 0.15) is 34.8 Å². The van der Waals surface area contributed by atoms with Gasteiger partial charge in [0.15, 0.2) is 5.78 Å². The molecule has 0 spiro atoms. The molecule has 0 heterocycles. The van der Waals surface area contributed by atoms with Crippen molar-refractivity contribution in [1.82, 2.24) is 0 Å². The van der Waals surface area contributed by atoms with Crippen LogP contribution in [0.2, 0.25) is 0 Å². The summed E-state index contributed by atoms with van der Waals surface area (Å²) in [6, 6.07) is 14.1. The lowest BCUT2D eigenvalue weighted by atomic mass is 9.91. The van der Waals surface area contributed by atoms with E-state index in [2.05, 4.69) is 0 Å². The molecule has 0 bridgehead atoms. The third-order valence-electron chi connectivity index (χ3n) is 4.10. The highest BCUT2D eigenvalue weighted by Gasteiger charge is 2.18. The van der Waals surface area contributed by atoms with Crippen LogP contribution in [0.25, 0.3) is 6.08 Å². The third-order valence-corrected chi connectivity index (χ3v) is 4.10. The molecule has 2 rings (SSSR count). The van der Waals surface area contributed by atoms with Crippen LogP contribution in [0.15, 0.2) is 54.6 Å². The van der Waals surface area contributed by atoms with Crippen molar-refractivity contribution in [2.75, 3.05) is 7.11 Å². The minimum Gasteiger partial charge on any atom is -0.508 e. The van der Waals surface area contributed by atoms with Gasteiger partial charge < -0.3 is 9.84 Å². The minimum absolute atomic E-state index is 0.00535. The molecule has 1 N–H and O–H groups in total. The summed E-state index contributed by atoms with van der Waals surface area (Å²) in [6.45, 7) is 1.93. The molecule has 0 aliphatic carbocycles. The van der Waals surface area contributed by atoms with Gasteiger partial charge in [0.25, 0.3) is 0 Å². The Labute approximate surface area is 147 Å². The number of ether oxygens (including phenoxy) is 1. The van der Waals surface area contributed by atoms with Crippen LogP contribution in [-0.2, 0) is 16.0 Å². The molecule has 0 aliphatic rings. The van der Waals surface area contributed by atoms with E-state index in [1.54, 1.807) is 18.2 Å². The highest BCUT2D eigenvalue weighted by Crippen LogP contribution is 2.24. The van der Waals surface area contributed by atoms with Gasteiger partial charge in [-0.3, -0.25) is 4.79 Å². The molecule has 0 radical (unpaired) electrons. The van der Waals surface area contributed by atoms with Gasteiger partial charge in [-0.1, -0.05) is 43.3 Å². The first-order valence-electron chi connectivity index (χ1n) is 8.22. The van der Waals surface area contributed by atoms with E-state index in [0.717, 1.165) is 5.56 Å². The molecule has 4 heteroatoms. The number of aromatic hydroxyl groups is 1. The van der Waals surface area contributed by atoms with Crippen molar-refractivity contribution in [2.45, 2.75) is 19.8 Å². The number of esters is 1. The zero-order valence-corrected chi connectivity index (χ0v) is 14.4. The van der Waals surface area contributed by atoms with Crippen LogP contribution in [0.3, 0.4) is 0 Å². The molecule has 130 valence electrons. The predicted molar refractivity (Wildman–Crippen MR) is 97.4 cm³/mol. The van der Waals surface area contributed by atoms with Gasteiger partial charge in [0.1, 0.15) is 5.75 Å². The number of carbonyl (C=O) groups excluding carboxylic acids is 2. The highest BCUT2D eigenvalue weighted by molar-refractivity contribution is 5.95. The maximum atomic E-state index is 12.5. The number of ketones is 1. The molecule has 0 aromatic heterocycles. The number of carbonyl (C=O) groups is 2. The molecule has 2 aromatic rings. The van der Waals surface area contributed by atoms with E-state index in [4.69, 9.17) is 4.74 Å². The minimum atomic E-state index is -0.468.